The summed E-state index contributed by atoms with van der Waals surface area (Å²) in [7, 11) is 0. The average Bonchev–Trinajstić information content (AvgIpc) is 3.71. The van der Waals surface area contributed by atoms with Crippen LogP contribution in [0.15, 0.2) is 69.1 Å². The fraction of sp³-hybridized carbons (Fsp3) is 0.531. The van der Waals surface area contributed by atoms with Crippen LogP contribution in [-0.2, 0) is 16.1 Å². The number of nitrogens with one attached hydrogen (secondary N) is 1. The lowest BCUT2D eigenvalue weighted by molar-refractivity contribution is -0.133. The van der Waals surface area contributed by atoms with Gasteiger partial charge in [-0.1, -0.05) is 43.5 Å². The van der Waals surface area contributed by atoms with Gasteiger partial charge in [0, 0.05) is 54.7 Å². The summed E-state index contributed by atoms with van der Waals surface area (Å²) in [6.45, 7) is 7.36. The third-order valence-electron chi connectivity index (χ3n) is 8.87. The topological polar surface area (TPSA) is 69.5 Å². The van der Waals surface area contributed by atoms with E-state index in [1.54, 1.807) is 0 Å². The molecule has 4 aliphatic heterocycles. The number of fused-ring (bicyclic) bond motifs is 2. The summed E-state index contributed by atoms with van der Waals surface area (Å²) in [4.78, 5) is 28.6. The Morgan fingerprint density at radius 3 is 2.67 bits per heavy atom. The Labute approximate surface area is 242 Å². The van der Waals surface area contributed by atoms with E-state index >= 15 is 0 Å². The summed E-state index contributed by atoms with van der Waals surface area (Å²) in [5, 5.41) is 4.34. The molecule has 1 amide bonds. The van der Waals surface area contributed by atoms with Crippen molar-refractivity contribution in [2.45, 2.75) is 58.4 Å². The molecule has 5 aliphatic rings. The van der Waals surface area contributed by atoms with E-state index in [-0.39, 0.29) is 17.2 Å². The van der Waals surface area contributed by atoms with Gasteiger partial charge in [0.25, 0.3) is 0 Å². The number of rotatable bonds is 4. The minimum absolute atomic E-state index is 0.131. The normalized spacial score (nSPS) is 26.6. The molecule has 1 N–H and O–H groups in total. The monoisotopic (exact) mass is 561 g/mol. The van der Waals surface area contributed by atoms with Crippen LogP contribution in [0.4, 0.5) is 0 Å². The standard InChI is InChI=1S/C32H40ClN5O2/c1-32(11-12-32)31-35-13-4-2-3-5-27-28(21-36-31)26-10-14-34-20-25(37-15-17-40-18-16-37)19-29(26)38(30(27)39)22-23-6-8-24(33)9-7-23/h6-9,19-21,27H,2-5,10-18,22H2,1H3,(H,35,36)/b25-19?,28-21-,34-20?. The summed E-state index contributed by atoms with van der Waals surface area (Å²) < 4.78 is 5.62. The van der Waals surface area contributed by atoms with Gasteiger partial charge in [0.1, 0.15) is 5.84 Å². The predicted molar refractivity (Wildman–Crippen MR) is 160 cm³/mol. The number of nitrogens with zero attached hydrogens (tertiary/aromatic N) is 4. The predicted octanol–water partition coefficient (Wildman–Crippen LogP) is 5.49. The van der Waals surface area contributed by atoms with Crippen LogP contribution in [0.25, 0.3) is 0 Å². The molecule has 0 aromatic heterocycles. The number of morpholine rings is 1. The third kappa shape index (κ3) is 5.91. The highest BCUT2D eigenvalue weighted by Gasteiger charge is 2.43. The fourth-order valence-corrected chi connectivity index (χ4v) is 6.24. The van der Waals surface area contributed by atoms with Crippen molar-refractivity contribution in [2.24, 2.45) is 21.3 Å². The molecular weight excluding hydrogens is 522 g/mol. The maximum atomic E-state index is 14.5. The molecule has 1 saturated heterocycles. The second-order valence-electron chi connectivity index (χ2n) is 11.8. The Morgan fingerprint density at radius 1 is 1.10 bits per heavy atom. The molecule has 8 heteroatoms. The number of ether oxygens (including phenoxy) is 1. The van der Waals surface area contributed by atoms with Crippen LogP contribution < -0.4 is 5.32 Å². The van der Waals surface area contributed by atoms with Gasteiger partial charge in [-0.3, -0.25) is 14.8 Å². The van der Waals surface area contributed by atoms with Crippen molar-refractivity contribution in [1.82, 2.24) is 15.1 Å². The number of hydrogen-bond donors (Lipinski definition) is 1. The largest absolute Gasteiger partial charge is 0.378 e. The van der Waals surface area contributed by atoms with Gasteiger partial charge < -0.3 is 19.9 Å². The van der Waals surface area contributed by atoms with Crippen LogP contribution in [-0.4, -0.2) is 67.2 Å². The van der Waals surface area contributed by atoms with Crippen LogP contribution in [0.2, 0.25) is 5.02 Å². The number of carbonyl (C=O) groups is 1. The Hall–Kier alpha value is -2.90. The lowest BCUT2D eigenvalue weighted by atomic mass is 9.81. The molecule has 1 aliphatic carbocycles. The second kappa shape index (κ2) is 11.9. The smallest absolute Gasteiger partial charge is 0.234 e. The van der Waals surface area contributed by atoms with Crippen molar-refractivity contribution in [1.29, 1.82) is 0 Å². The van der Waals surface area contributed by atoms with Gasteiger partial charge in [0.15, 0.2) is 0 Å². The number of carbonyl (C=O) groups excluding carboxylic acids is 1. The van der Waals surface area contributed by atoms with Gasteiger partial charge in [-0.25, -0.2) is 0 Å². The van der Waals surface area contributed by atoms with E-state index in [1.807, 2.05) is 35.4 Å². The summed E-state index contributed by atoms with van der Waals surface area (Å²) >= 11 is 6.20. The van der Waals surface area contributed by atoms with Crippen molar-refractivity contribution in [3.63, 3.8) is 0 Å². The maximum absolute atomic E-state index is 14.5. The number of benzene rings is 1. The summed E-state index contributed by atoms with van der Waals surface area (Å²) in [5.74, 6) is 1.06. The SMILES string of the molecule is CC1(C2=NCCCCCC3C(=O)N(Cc4ccc(Cl)cc4)C4=C(CCN=CC(N5CCOCC5)=C4)/C3=C/N2)CC1. The number of aliphatic imine (C=N–C) groups is 2. The molecular formula is C32H40ClN5O2. The summed E-state index contributed by atoms with van der Waals surface area (Å²) in [6, 6.07) is 7.86. The molecule has 40 heavy (non-hydrogen) atoms. The molecule has 0 radical (unpaired) electrons. The molecule has 1 aromatic carbocycles. The Bertz CT molecular complexity index is 1270. The van der Waals surface area contributed by atoms with Gasteiger partial charge in [0.05, 0.1) is 31.4 Å². The quantitative estimate of drug-likeness (QED) is 0.528. The van der Waals surface area contributed by atoms with E-state index < -0.39 is 0 Å². The first-order valence-corrected chi connectivity index (χ1v) is 15.2. The lowest BCUT2D eigenvalue weighted by Gasteiger charge is -2.39. The second-order valence-corrected chi connectivity index (χ2v) is 12.2. The Balaban J connectivity index is 1.46. The Kier molecular flexibility index (Phi) is 8.12. The molecule has 0 bridgehead atoms. The lowest BCUT2D eigenvalue weighted by Crippen LogP contribution is -2.42. The zero-order chi connectivity index (χ0) is 27.5. The molecule has 2 fully saturated rings. The average molecular weight is 562 g/mol. The highest BCUT2D eigenvalue weighted by atomic mass is 35.5. The Morgan fingerprint density at radius 2 is 1.90 bits per heavy atom. The molecule has 1 saturated carbocycles. The molecule has 6 rings (SSSR count). The van der Waals surface area contributed by atoms with Gasteiger partial charge in [-0.2, -0.15) is 0 Å². The van der Waals surface area contributed by atoms with E-state index in [9.17, 15) is 4.79 Å². The minimum Gasteiger partial charge on any atom is -0.378 e. The first-order valence-electron chi connectivity index (χ1n) is 14.9. The molecule has 1 unspecified atom stereocenters. The van der Waals surface area contributed by atoms with Crippen LogP contribution in [0.1, 0.15) is 57.4 Å². The maximum Gasteiger partial charge on any atom is 0.234 e. The number of allylic oxidation sites excluding steroid dienone is 2. The highest BCUT2D eigenvalue weighted by Crippen LogP contribution is 2.46. The van der Waals surface area contributed by atoms with Crippen LogP contribution in [0.5, 0.6) is 0 Å². The number of hydrogen-bond acceptors (Lipinski definition) is 6. The fourth-order valence-electron chi connectivity index (χ4n) is 6.12. The van der Waals surface area contributed by atoms with E-state index in [1.165, 1.54) is 5.57 Å². The van der Waals surface area contributed by atoms with E-state index in [0.717, 1.165) is 92.9 Å². The van der Waals surface area contributed by atoms with Gasteiger partial charge in [0.2, 0.25) is 5.91 Å². The third-order valence-corrected chi connectivity index (χ3v) is 9.13. The molecule has 7 nitrogen and oxygen atoms in total. The van der Waals surface area contributed by atoms with Crippen molar-refractivity contribution >= 4 is 29.6 Å². The summed E-state index contributed by atoms with van der Waals surface area (Å²) in [6.07, 6.45) is 13.4. The van der Waals surface area contributed by atoms with Crippen LogP contribution in [0, 0.1) is 11.3 Å². The molecule has 212 valence electrons. The first-order chi connectivity index (χ1) is 19.5. The van der Waals surface area contributed by atoms with Crippen molar-refractivity contribution in [2.75, 3.05) is 39.4 Å². The van der Waals surface area contributed by atoms with Gasteiger partial charge in [-0.15, -0.1) is 0 Å². The number of amides is 1. The first kappa shape index (κ1) is 27.3. The van der Waals surface area contributed by atoms with E-state index in [4.69, 9.17) is 26.3 Å². The molecule has 1 aromatic rings. The van der Waals surface area contributed by atoms with Gasteiger partial charge >= 0.3 is 0 Å². The molecule has 0 spiro atoms. The number of halogens is 1. The zero-order valence-corrected chi connectivity index (χ0v) is 24.3. The highest BCUT2D eigenvalue weighted by molar-refractivity contribution is 6.30. The molecule has 1 atom stereocenters. The van der Waals surface area contributed by atoms with E-state index in [2.05, 4.69) is 29.4 Å². The molecule has 4 heterocycles. The van der Waals surface area contributed by atoms with Crippen molar-refractivity contribution in [3.05, 3.63) is 69.7 Å². The van der Waals surface area contributed by atoms with Crippen LogP contribution in [0.3, 0.4) is 0 Å². The van der Waals surface area contributed by atoms with Crippen molar-refractivity contribution < 1.29 is 9.53 Å². The van der Waals surface area contributed by atoms with Crippen molar-refractivity contribution in [3.8, 4) is 0 Å². The van der Waals surface area contributed by atoms with Gasteiger partial charge in [-0.05, 0) is 67.0 Å². The zero-order valence-electron chi connectivity index (χ0n) is 23.5. The van der Waals surface area contributed by atoms with E-state index in [0.29, 0.717) is 31.3 Å². The summed E-state index contributed by atoms with van der Waals surface area (Å²) in [5.41, 5.74) is 5.56. The number of amidine groups is 1. The minimum atomic E-state index is -0.187. The van der Waals surface area contributed by atoms with Crippen LogP contribution >= 0.6 is 11.6 Å².